The van der Waals surface area contributed by atoms with Crippen LogP contribution in [-0.2, 0) is 4.74 Å². The van der Waals surface area contributed by atoms with Crippen molar-refractivity contribution in [1.29, 1.82) is 0 Å². The summed E-state index contributed by atoms with van der Waals surface area (Å²) in [4.78, 5) is 4.26. The molecule has 2 unspecified atom stereocenters. The SMILES string of the molecule is CC(OCCC1CCCCN1)c1nccs1.Cl. The normalized spacial score (nSPS) is 21.8. The molecular formula is C12H21ClN2OS. The highest BCUT2D eigenvalue weighted by Crippen LogP contribution is 2.19. The number of hydrogen-bond donors (Lipinski definition) is 1. The number of thiazole rings is 1. The monoisotopic (exact) mass is 276 g/mol. The molecule has 5 heteroatoms. The van der Waals surface area contributed by atoms with Gasteiger partial charge in [0.2, 0.25) is 0 Å². The van der Waals surface area contributed by atoms with Crippen molar-refractivity contribution in [3.05, 3.63) is 16.6 Å². The molecule has 0 aliphatic carbocycles. The van der Waals surface area contributed by atoms with Crippen LogP contribution in [0.1, 0.15) is 43.7 Å². The van der Waals surface area contributed by atoms with Crippen molar-refractivity contribution in [1.82, 2.24) is 10.3 Å². The number of aromatic nitrogens is 1. The Morgan fingerprint density at radius 2 is 2.47 bits per heavy atom. The Bertz CT molecular complexity index is 289. The number of nitrogens with zero attached hydrogens (tertiary/aromatic N) is 1. The Balaban J connectivity index is 0.00000144. The summed E-state index contributed by atoms with van der Waals surface area (Å²) in [7, 11) is 0. The van der Waals surface area contributed by atoms with Crippen LogP contribution >= 0.6 is 23.7 Å². The van der Waals surface area contributed by atoms with Crippen molar-refractivity contribution in [2.75, 3.05) is 13.2 Å². The van der Waals surface area contributed by atoms with E-state index in [0.717, 1.165) is 18.0 Å². The molecule has 1 saturated heterocycles. The minimum atomic E-state index is 0. The second-order valence-electron chi connectivity index (χ2n) is 4.32. The van der Waals surface area contributed by atoms with E-state index in [2.05, 4.69) is 17.2 Å². The second kappa shape index (κ2) is 8.03. The van der Waals surface area contributed by atoms with Gasteiger partial charge < -0.3 is 10.1 Å². The fourth-order valence-corrected chi connectivity index (χ4v) is 2.71. The minimum absolute atomic E-state index is 0. The number of rotatable bonds is 5. The molecule has 3 nitrogen and oxygen atoms in total. The molecule has 0 saturated carbocycles. The zero-order valence-electron chi connectivity index (χ0n) is 10.2. The fourth-order valence-electron chi connectivity index (χ4n) is 2.06. The summed E-state index contributed by atoms with van der Waals surface area (Å²) in [6.07, 6.45) is 7.09. The molecule has 1 aliphatic heterocycles. The molecule has 2 atom stereocenters. The Hall–Kier alpha value is -0.160. The first-order chi connectivity index (χ1) is 7.86. The van der Waals surface area contributed by atoms with E-state index in [1.54, 1.807) is 11.3 Å². The number of halogens is 1. The van der Waals surface area contributed by atoms with Gasteiger partial charge >= 0.3 is 0 Å². The van der Waals surface area contributed by atoms with E-state index in [0.29, 0.717) is 6.04 Å². The lowest BCUT2D eigenvalue weighted by atomic mass is 10.0. The summed E-state index contributed by atoms with van der Waals surface area (Å²) in [6.45, 7) is 4.08. The van der Waals surface area contributed by atoms with E-state index in [4.69, 9.17) is 4.74 Å². The molecule has 98 valence electrons. The summed E-state index contributed by atoms with van der Waals surface area (Å²) in [5.41, 5.74) is 0. The van der Waals surface area contributed by atoms with Gasteiger partial charge in [0.15, 0.2) is 0 Å². The van der Waals surface area contributed by atoms with E-state index >= 15 is 0 Å². The highest BCUT2D eigenvalue weighted by Gasteiger charge is 2.13. The van der Waals surface area contributed by atoms with Gasteiger partial charge in [-0.05, 0) is 32.7 Å². The molecule has 1 aromatic heterocycles. The number of hydrogen-bond acceptors (Lipinski definition) is 4. The van der Waals surface area contributed by atoms with Gasteiger partial charge in [0.1, 0.15) is 11.1 Å². The van der Waals surface area contributed by atoms with Gasteiger partial charge in [-0.15, -0.1) is 23.7 Å². The van der Waals surface area contributed by atoms with Crippen LogP contribution in [0.25, 0.3) is 0 Å². The van der Waals surface area contributed by atoms with Crippen LogP contribution in [0, 0.1) is 0 Å². The predicted octanol–water partition coefficient (Wildman–Crippen LogP) is 3.17. The molecule has 17 heavy (non-hydrogen) atoms. The van der Waals surface area contributed by atoms with Crippen molar-refractivity contribution < 1.29 is 4.74 Å². The first-order valence-electron chi connectivity index (χ1n) is 6.10. The van der Waals surface area contributed by atoms with Crippen molar-refractivity contribution >= 4 is 23.7 Å². The standard InChI is InChI=1S/C12H20N2OS.ClH/c1-10(12-14-7-9-16-12)15-8-5-11-4-2-3-6-13-11;/h7,9-11,13H,2-6,8H2,1H3;1H. The Morgan fingerprint density at radius 3 is 3.12 bits per heavy atom. The van der Waals surface area contributed by atoms with Crippen molar-refractivity contribution in [3.63, 3.8) is 0 Å². The number of ether oxygens (including phenoxy) is 1. The second-order valence-corrected chi connectivity index (χ2v) is 5.25. The molecule has 2 heterocycles. The zero-order valence-corrected chi connectivity index (χ0v) is 11.9. The maximum Gasteiger partial charge on any atom is 0.121 e. The maximum atomic E-state index is 5.80. The Labute approximate surface area is 113 Å². The van der Waals surface area contributed by atoms with Gasteiger partial charge in [0, 0.05) is 24.2 Å². The summed E-state index contributed by atoms with van der Waals surface area (Å²) < 4.78 is 5.80. The van der Waals surface area contributed by atoms with Crippen LogP contribution in [-0.4, -0.2) is 24.2 Å². The summed E-state index contributed by atoms with van der Waals surface area (Å²) in [6, 6.07) is 0.664. The minimum Gasteiger partial charge on any atom is -0.371 e. The molecule has 2 rings (SSSR count). The van der Waals surface area contributed by atoms with E-state index in [1.165, 1.54) is 25.8 Å². The lowest BCUT2D eigenvalue weighted by Gasteiger charge is -2.23. The third-order valence-electron chi connectivity index (χ3n) is 3.05. The average Bonchev–Trinajstić information content (AvgIpc) is 2.84. The van der Waals surface area contributed by atoms with Crippen molar-refractivity contribution in [2.24, 2.45) is 0 Å². The van der Waals surface area contributed by atoms with Crippen LogP contribution in [0.3, 0.4) is 0 Å². The van der Waals surface area contributed by atoms with Gasteiger partial charge in [0.05, 0.1) is 0 Å². The molecular weight excluding hydrogens is 256 g/mol. The molecule has 1 aromatic rings. The molecule has 0 amide bonds. The zero-order chi connectivity index (χ0) is 11.2. The summed E-state index contributed by atoms with van der Waals surface area (Å²) in [5, 5.41) is 6.61. The summed E-state index contributed by atoms with van der Waals surface area (Å²) >= 11 is 1.67. The van der Waals surface area contributed by atoms with Crippen LogP contribution in [0.15, 0.2) is 11.6 Å². The molecule has 1 aliphatic rings. The average molecular weight is 277 g/mol. The largest absolute Gasteiger partial charge is 0.371 e. The first kappa shape index (κ1) is 14.9. The number of nitrogens with one attached hydrogen (secondary N) is 1. The third-order valence-corrected chi connectivity index (χ3v) is 3.98. The Morgan fingerprint density at radius 1 is 1.59 bits per heavy atom. The van der Waals surface area contributed by atoms with Crippen LogP contribution in [0.4, 0.5) is 0 Å². The third kappa shape index (κ3) is 4.92. The van der Waals surface area contributed by atoms with Gasteiger partial charge in [-0.1, -0.05) is 6.42 Å². The van der Waals surface area contributed by atoms with E-state index in [9.17, 15) is 0 Å². The van der Waals surface area contributed by atoms with Crippen molar-refractivity contribution in [2.45, 2.75) is 44.8 Å². The molecule has 0 spiro atoms. The van der Waals surface area contributed by atoms with Gasteiger partial charge in [0.25, 0.3) is 0 Å². The van der Waals surface area contributed by atoms with Crippen LogP contribution < -0.4 is 5.32 Å². The lowest BCUT2D eigenvalue weighted by Crippen LogP contribution is -2.34. The van der Waals surface area contributed by atoms with Gasteiger partial charge in [-0.2, -0.15) is 0 Å². The highest BCUT2D eigenvalue weighted by atomic mass is 35.5. The molecule has 0 bridgehead atoms. The molecule has 1 N–H and O–H groups in total. The van der Waals surface area contributed by atoms with Gasteiger partial charge in [-0.3, -0.25) is 0 Å². The lowest BCUT2D eigenvalue weighted by molar-refractivity contribution is 0.0571. The first-order valence-corrected chi connectivity index (χ1v) is 6.98. The molecule has 0 aromatic carbocycles. The van der Waals surface area contributed by atoms with E-state index in [-0.39, 0.29) is 18.5 Å². The van der Waals surface area contributed by atoms with E-state index < -0.39 is 0 Å². The highest BCUT2D eigenvalue weighted by molar-refractivity contribution is 7.09. The van der Waals surface area contributed by atoms with Crippen LogP contribution in [0.5, 0.6) is 0 Å². The quantitative estimate of drug-likeness (QED) is 0.897. The smallest absolute Gasteiger partial charge is 0.121 e. The topological polar surface area (TPSA) is 34.1 Å². The van der Waals surface area contributed by atoms with Crippen LogP contribution in [0.2, 0.25) is 0 Å². The predicted molar refractivity (Wildman–Crippen MR) is 74.0 cm³/mol. The Kier molecular flexibility index (Phi) is 7.04. The number of piperidine rings is 1. The van der Waals surface area contributed by atoms with Crippen molar-refractivity contribution in [3.8, 4) is 0 Å². The fraction of sp³-hybridized carbons (Fsp3) is 0.750. The maximum absolute atomic E-state index is 5.80. The molecule has 0 radical (unpaired) electrons. The molecule has 1 fully saturated rings. The summed E-state index contributed by atoms with van der Waals surface area (Å²) in [5.74, 6) is 0. The van der Waals surface area contributed by atoms with E-state index in [1.807, 2.05) is 11.6 Å². The van der Waals surface area contributed by atoms with Gasteiger partial charge in [-0.25, -0.2) is 4.98 Å².